The number of rotatable bonds is 6. The highest BCUT2D eigenvalue weighted by molar-refractivity contribution is 7.94. The Labute approximate surface area is 182 Å². The van der Waals surface area contributed by atoms with Crippen LogP contribution in [-0.4, -0.2) is 31.0 Å². The molecule has 3 rings (SSSR count). The number of hydrazine groups is 1. The second kappa shape index (κ2) is 8.74. The molecule has 11 heteroatoms. The zero-order chi connectivity index (χ0) is 22.8. The van der Waals surface area contributed by atoms with Gasteiger partial charge in [-0.15, -0.1) is 11.3 Å². The Morgan fingerprint density at radius 1 is 0.968 bits per heavy atom. The van der Waals surface area contributed by atoms with E-state index in [1.165, 1.54) is 25.1 Å². The van der Waals surface area contributed by atoms with Crippen molar-refractivity contribution in [2.24, 2.45) is 0 Å². The number of hydrogen-bond donors (Lipinski definition) is 4. The Morgan fingerprint density at radius 2 is 1.65 bits per heavy atom. The van der Waals surface area contributed by atoms with E-state index >= 15 is 0 Å². The van der Waals surface area contributed by atoms with E-state index in [1.807, 2.05) is 0 Å². The van der Waals surface area contributed by atoms with Gasteiger partial charge in [-0.05, 0) is 49.9 Å². The van der Waals surface area contributed by atoms with Crippen LogP contribution in [0.1, 0.15) is 49.4 Å². The van der Waals surface area contributed by atoms with Crippen LogP contribution in [0.5, 0.6) is 0 Å². The van der Waals surface area contributed by atoms with Crippen molar-refractivity contribution in [1.29, 1.82) is 0 Å². The van der Waals surface area contributed by atoms with Crippen molar-refractivity contribution >= 4 is 44.6 Å². The molecule has 0 atom stereocenters. The number of aromatic amines is 1. The SMILES string of the molecule is CC(=O)c1c(C)[nH]c(C(=O)NNC(=O)c2ccccc2NS(=O)(=O)c2cccs2)c1C. The van der Waals surface area contributed by atoms with Crippen molar-refractivity contribution in [2.45, 2.75) is 25.0 Å². The van der Waals surface area contributed by atoms with E-state index in [9.17, 15) is 22.8 Å². The van der Waals surface area contributed by atoms with Crippen LogP contribution < -0.4 is 15.6 Å². The Hall–Kier alpha value is -3.44. The second-order valence-corrected chi connectivity index (χ2v) is 9.53. The summed E-state index contributed by atoms with van der Waals surface area (Å²) in [6.45, 7) is 4.71. The molecule has 3 aromatic rings. The average molecular weight is 461 g/mol. The van der Waals surface area contributed by atoms with Crippen molar-refractivity contribution in [3.05, 3.63) is 69.9 Å². The molecule has 0 aliphatic rings. The number of amides is 2. The minimum absolute atomic E-state index is 0.0201. The normalized spacial score (nSPS) is 11.1. The quantitative estimate of drug-likeness (QED) is 0.331. The molecule has 0 spiro atoms. The van der Waals surface area contributed by atoms with Gasteiger partial charge in [-0.25, -0.2) is 8.42 Å². The van der Waals surface area contributed by atoms with Crippen LogP contribution in [0, 0.1) is 13.8 Å². The number of thiophene rings is 1. The number of aryl methyl sites for hydroxylation is 1. The summed E-state index contributed by atoms with van der Waals surface area (Å²) in [7, 11) is -3.85. The summed E-state index contributed by atoms with van der Waals surface area (Å²) in [5.74, 6) is -1.54. The average Bonchev–Trinajstić information content (AvgIpc) is 3.34. The molecule has 0 saturated carbocycles. The van der Waals surface area contributed by atoms with Gasteiger partial charge in [0.05, 0.1) is 11.3 Å². The van der Waals surface area contributed by atoms with Gasteiger partial charge < -0.3 is 4.98 Å². The summed E-state index contributed by atoms with van der Waals surface area (Å²) < 4.78 is 27.5. The predicted molar refractivity (Wildman–Crippen MR) is 117 cm³/mol. The van der Waals surface area contributed by atoms with E-state index < -0.39 is 21.8 Å². The smallest absolute Gasteiger partial charge is 0.286 e. The van der Waals surface area contributed by atoms with Gasteiger partial charge >= 0.3 is 0 Å². The number of Topliss-reactive ketones (excluding diaryl/α,β-unsaturated/α-hetero) is 1. The van der Waals surface area contributed by atoms with Gasteiger partial charge in [0.2, 0.25) is 0 Å². The van der Waals surface area contributed by atoms with Crippen molar-refractivity contribution in [2.75, 3.05) is 4.72 Å². The van der Waals surface area contributed by atoms with E-state index in [2.05, 4.69) is 20.6 Å². The first kappa shape index (κ1) is 22.2. The molecule has 2 aromatic heterocycles. The van der Waals surface area contributed by atoms with Crippen LogP contribution >= 0.6 is 11.3 Å². The highest BCUT2D eigenvalue weighted by Gasteiger charge is 2.22. The first-order valence-corrected chi connectivity index (χ1v) is 11.4. The molecule has 0 bridgehead atoms. The van der Waals surface area contributed by atoms with E-state index in [1.54, 1.807) is 37.4 Å². The first-order valence-electron chi connectivity index (χ1n) is 9.08. The van der Waals surface area contributed by atoms with Crippen LogP contribution in [0.3, 0.4) is 0 Å². The van der Waals surface area contributed by atoms with Crippen molar-refractivity contribution in [1.82, 2.24) is 15.8 Å². The number of H-pyrrole nitrogens is 1. The molecule has 9 nitrogen and oxygen atoms in total. The Bertz CT molecular complexity index is 1260. The van der Waals surface area contributed by atoms with Crippen LogP contribution in [0.2, 0.25) is 0 Å². The number of para-hydroxylation sites is 1. The van der Waals surface area contributed by atoms with Gasteiger partial charge in [0.1, 0.15) is 9.90 Å². The monoisotopic (exact) mass is 460 g/mol. The molecule has 0 fully saturated rings. The Kier molecular flexibility index (Phi) is 6.27. The maximum Gasteiger partial charge on any atom is 0.286 e. The van der Waals surface area contributed by atoms with E-state index in [0.717, 1.165) is 11.3 Å². The molecule has 2 heterocycles. The molecule has 2 amide bonds. The van der Waals surface area contributed by atoms with Gasteiger partial charge in [0.25, 0.3) is 21.8 Å². The van der Waals surface area contributed by atoms with Crippen LogP contribution in [0.4, 0.5) is 5.69 Å². The lowest BCUT2D eigenvalue weighted by molar-refractivity contribution is 0.0844. The molecule has 0 radical (unpaired) electrons. The maximum atomic E-state index is 12.6. The number of nitrogens with one attached hydrogen (secondary N) is 4. The van der Waals surface area contributed by atoms with Gasteiger partial charge in [0, 0.05) is 11.3 Å². The molecule has 0 saturated heterocycles. The molecule has 4 N–H and O–H groups in total. The topological polar surface area (TPSA) is 137 Å². The number of ketones is 1. The zero-order valence-electron chi connectivity index (χ0n) is 16.9. The van der Waals surface area contributed by atoms with Crippen molar-refractivity contribution in [3.63, 3.8) is 0 Å². The fourth-order valence-corrected chi connectivity index (χ4v) is 5.20. The molecule has 0 unspecified atom stereocenters. The summed E-state index contributed by atoms with van der Waals surface area (Å²) in [4.78, 5) is 39.7. The van der Waals surface area contributed by atoms with Gasteiger partial charge in [-0.2, -0.15) is 0 Å². The first-order chi connectivity index (χ1) is 14.6. The Balaban J connectivity index is 1.76. The summed E-state index contributed by atoms with van der Waals surface area (Å²) in [6, 6.07) is 9.07. The lowest BCUT2D eigenvalue weighted by Crippen LogP contribution is -2.42. The fourth-order valence-electron chi connectivity index (χ4n) is 3.13. The largest absolute Gasteiger partial charge is 0.354 e. The number of anilines is 1. The number of sulfonamides is 1. The van der Waals surface area contributed by atoms with E-state index in [0.29, 0.717) is 16.8 Å². The number of hydrogen-bond acceptors (Lipinski definition) is 6. The molecular weight excluding hydrogens is 440 g/mol. The molecule has 0 aliphatic heterocycles. The third-order valence-corrected chi connectivity index (χ3v) is 7.25. The fraction of sp³-hybridized carbons (Fsp3) is 0.150. The van der Waals surface area contributed by atoms with Gasteiger partial charge in [-0.1, -0.05) is 18.2 Å². The highest BCUT2D eigenvalue weighted by Crippen LogP contribution is 2.23. The lowest BCUT2D eigenvalue weighted by Gasteiger charge is -2.12. The minimum Gasteiger partial charge on any atom is -0.354 e. The summed E-state index contributed by atoms with van der Waals surface area (Å²) in [6.07, 6.45) is 0. The van der Waals surface area contributed by atoms with Gasteiger partial charge in [0.15, 0.2) is 5.78 Å². The minimum atomic E-state index is -3.85. The van der Waals surface area contributed by atoms with Crippen LogP contribution in [0.25, 0.3) is 0 Å². The predicted octanol–water partition coefficient (Wildman–Crippen LogP) is 2.77. The zero-order valence-corrected chi connectivity index (χ0v) is 18.5. The van der Waals surface area contributed by atoms with Crippen molar-refractivity contribution < 1.29 is 22.8 Å². The molecule has 31 heavy (non-hydrogen) atoms. The number of carbonyl (C=O) groups is 3. The summed E-state index contributed by atoms with van der Waals surface area (Å²) >= 11 is 1.05. The van der Waals surface area contributed by atoms with Gasteiger partial charge in [-0.3, -0.25) is 30.0 Å². The lowest BCUT2D eigenvalue weighted by atomic mass is 10.1. The highest BCUT2D eigenvalue weighted by atomic mass is 32.2. The standard InChI is InChI=1S/C20H20N4O5S2/c1-11-17(13(3)25)12(2)21-18(11)20(27)23-22-19(26)14-7-4-5-8-15(14)24-31(28,29)16-9-6-10-30-16/h4-10,21,24H,1-3H3,(H,22,26)(H,23,27). The van der Waals surface area contributed by atoms with Crippen molar-refractivity contribution in [3.8, 4) is 0 Å². The molecular formula is C20H20N4O5S2. The molecule has 1 aromatic carbocycles. The number of aromatic nitrogens is 1. The maximum absolute atomic E-state index is 12.6. The third-order valence-electron chi connectivity index (χ3n) is 4.48. The molecule has 162 valence electrons. The third kappa shape index (κ3) is 4.67. The number of carbonyl (C=O) groups excluding carboxylic acids is 3. The van der Waals surface area contributed by atoms with Crippen LogP contribution in [-0.2, 0) is 10.0 Å². The Morgan fingerprint density at radius 3 is 2.26 bits per heavy atom. The number of benzene rings is 1. The van der Waals surface area contributed by atoms with E-state index in [4.69, 9.17) is 0 Å². The molecule has 0 aliphatic carbocycles. The second-order valence-electron chi connectivity index (χ2n) is 6.67. The summed E-state index contributed by atoms with van der Waals surface area (Å²) in [5.41, 5.74) is 6.22. The summed E-state index contributed by atoms with van der Waals surface area (Å²) in [5, 5.41) is 1.63. The van der Waals surface area contributed by atoms with Crippen LogP contribution in [0.15, 0.2) is 46.0 Å². The van der Waals surface area contributed by atoms with E-state index in [-0.39, 0.29) is 26.9 Å².